The van der Waals surface area contributed by atoms with Gasteiger partial charge in [-0.05, 0) is 18.2 Å². The molecule has 0 saturated heterocycles. The third kappa shape index (κ3) is 2.02. The fourth-order valence-corrected chi connectivity index (χ4v) is 0.810. The molecule has 0 aliphatic rings. The maximum atomic E-state index is 12.8. The van der Waals surface area contributed by atoms with Crippen molar-refractivity contribution in [1.82, 2.24) is 5.32 Å². The van der Waals surface area contributed by atoms with Crippen LogP contribution in [0.3, 0.4) is 0 Å². The molecule has 0 bridgehead atoms. The lowest BCUT2D eigenvalue weighted by Crippen LogP contribution is -2.11. The highest BCUT2D eigenvalue weighted by Gasteiger charge is 2.02. The average Bonchev–Trinajstić information content (AvgIpc) is 2.07. The summed E-state index contributed by atoms with van der Waals surface area (Å²) in [5, 5.41) is 2.12. The molecular weight excluding hydrogens is 164 g/mol. The Kier molecular flexibility index (Phi) is 2.74. The Morgan fingerprint density at radius 3 is 2.83 bits per heavy atom. The molecule has 0 aliphatic heterocycles. The fourth-order valence-electron chi connectivity index (χ4n) is 0.810. The summed E-state index contributed by atoms with van der Waals surface area (Å²) in [5.41, 5.74) is 0.110. The van der Waals surface area contributed by atoms with E-state index in [0.717, 1.165) is 18.2 Å². The first-order valence-corrected chi connectivity index (χ1v) is 3.28. The lowest BCUT2D eigenvalue weighted by molar-refractivity contribution is 0.537. The molecule has 4 heteroatoms. The Morgan fingerprint density at radius 1 is 1.42 bits per heavy atom. The number of amides is 1. The van der Waals surface area contributed by atoms with Crippen molar-refractivity contribution in [2.24, 2.45) is 0 Å². The first kappa shape index (κ1) is 8.64. The van der Waals surface area contributed by atoms with Crippen molar-refractivity contribution in [2.45, 2.75) is 6.54 Å². The summed E-state index contributed by atoms with van der Waals surface area (Å²) in [6, 6.07) is 3.06. The van der Waals surface area contributed by atoms with Crippen LogP contribution < -0.4 is 5.32 Å². The molecule has 0 spiro atoms. The summed E-state index contributed by atoms with van der Waals surface area (Å²) in [7, 11) is 0. The van der Waals surface area contributed by atoms with Crippen LogP contribution in [0.25, 0.3) is 0 Å². The van der Waals surface area contributed by atoms with E-state index in [0.29, 0.717) is 0 Å². The van der Waals surface area contributed by atoms with Crippen molar-refractivity contribution in [3.8, 4) is 0 Å². The molecule has 0 fully saturated rings. The van der Waals surface area contributed by atoms with Crippen LogP contribution >= 0.6 is 0 Å². The van der Waals surface area contributed by atoms with Gasteiger partial charge in [-0.2, -0.15) is 0 Å². The van der Waals surface area contributed by atoms with E-state index >= 15 is 0 Å². The van der Waals surface area contributed by atoms with Crippen LogP contribution in [0.15, 0.2) is 18.2 Å². The van der Waals surface area contributed by atoms with Crippen LogP contribution in [-0.4, -0.2) is 6.41 Å². The first-order valence-electron chi connectivity index (χ1n) is 3.28. The minimum absolute atomic E-state index is 0.0485. The minimum atomic E-state index is -0.542. The second kappa shape index (κ2) is 3.80. The van der Waals surface area contributed by atoms with E-state index in [1.807, 2.05) is 0 Å². The summed E-state index contributed by atoms with van der Waals surface area (Å²) < 4.78 is 25.2. The van der Waals surface area contributed by atoms with Gasteiger partial charge in [-0.25, -0.2) is 8.78 Å². The number of nitrogens with one attached hydrogen (secondary N) is 1. The van der Waals surface area contributed by atoms with Gasteiger partial charge in [0.25, 0.3) is 0 Å². The van der Waals surface area contributed by atoms with Gasteiger partial charge in [0.2, 0.25) is 0 Å². The molecule has 0 unspecified atom stereocenters. The van der Waals surface area contributed by atoms with E-state index in [1.54, 1.807) is 0 Å². The Bertz CT molecular complexity index is 288. The second-order valence-corrected chi connectivity index (χ2v) is 2.19. The lowest BCUT2D eigenvalue weighted by Gasteiger charge is -2.00. The average molecular weight is 170 g/mol. The minimum Gasteiger partial charge on any atom is -0.344 e. The third-order valence-corrected chi connectivity index (χ3v) is 1.36. The molecule has 1 radical (unpaired) electrons. The van der Waals surface area contributed by atoms with Crippen LogP contribution in [0.1, 0.15) is 5.56 Å². The van der Waals surface area contributed by atoms with Crippen molar-refractivity contribution < 1.29 is 13.6 Å². The summed E-state index contributed by atoms with van der Waals surface area (Å²) in [6.45, 7) is -0.0485. The summed E-state index contributed by atoms with van der Waals surface area (Å²) in [5.74, 6) is -1.07. The summed E-state index contributed by atoms with van der Waals surface area (Å²) in [4.78, 5) is 9.72. The number of hydrogen-bond acceptors (Lipinski definition) is 1. The molecule has 1 rings (SSSR count). The normalized spacial score (nSPS) is 9.50. The number of hydrogen-bond donors (Lipinski definition) is 1. The van der Waals surface area contributed by atoms with Crippen LogP contribution in [0, 0.1) is 11.6 Å². The monoisotopic (exact) mass is 170 g/mol. The number of benzene rings is 1. The standard InChI is InChI=1S/C8H6F2NO/c9-7-1-2-8(10)6(3-7)4-11-5-12/h1-3H,4H2,(H,11,12). The summed E-state index contributed by atoms with van der Waals surface area (Å²) >= 11 is 0. The maximum Gasteiger partial charge on any atom is 0.309 e. The second-order valence-electron chi connectivity index (χ2n) is 2.19. The molecule has 0 aliphatic carbocycles. The van der Waals surface area contributed by atoms with E-state index in [2.05, 4.69) is 5.32 Å². The quantitative estimate of drug-likeness (QED) is 0.676. The number of rotatable bonds is 3. The Labute approximate surface area is 68.2 Å². The zero-order chi connectivity index (χ0) is 8.97. The molecule has 1 amide bonds. The van der Waals surface area contributed by atoms with Gasteiger partial charge in [0.1, 0.15) is 11.6 Å². The van der Waals surface area contributed by atoms with E-state index < -0.39 is 11.6 Å². The van der Waals surface area contributed by atoms with Gasteiger partial charge < -0.3 is 5.32 Å². The van der Waals surface area contributed by atoms with Crippen molar-refractivity contribution in [3.63, 3.8) is 0 Å². The van der Waals surface area contributed by atoms with Gasteiger partial charge in [-0.1, -0.05) is 0 Å². The lowest BCUT2D eigenvalue weighted by atomic mass is 10.2. The van der Waals surface area contributed by atoms with Crippen LogP contribution in [0.2, 0.25) is 0 Å². The largest absolute Gasteiger partial charge is 0.344 e. The third-order valence-electron chi connectivity index (χ3n) is 1.36. The Balaban J connectivity index is 2.82. The molecule has 63 valence electrons. The van der Waals surface area contributed by atoms with Crippen LogP contribution in [0.5, 0.6) is 0 Å². The molecular formula is C8H6F2NO. The molecule has 2 nitrogen and oxygen atoms in total. The van der Waals surface area contributed by atoms with E-state index in [-0.39, 0.29) is 12.1 Å². The maximum absolute atomic E-state index is 12.8. The SMILES string of the molecule is O=[C]NCc1cc(F)ccc1F. The van der Waals surface area contributed by atoms with Gasteiger partial charge >= 0.3 is 6.41 Å². The van der Waals surface area contributed by atoms with Gasteiger partial charge in [-0.15, -0.1) is 0 Å². The highest BCUT2D eigenvalue weighted by molar-refractivity contribution is 5.47. The predicted molar refractivity (Wildman–Crippen MR) is 38.9 cm³/mol. The molecule has 0 atom stereocenters. The van der Waals surface area contributed by atoms with Crippen molar-refractivity contribution in [1.29, 1.82) is 0 Å². The highest BCUT2D eigenvalue weighted by Crippen LogP contribution is 2.08. The number of carbonyl (C=O) groups excluding carboxylic acids is 1. The van der Waals surface area contributed by atoms with Gasteiger partial charge in [0.15, 0.2) is 0 Å². The first-order chi connectivity index (χ1) is 5.74. The van der Waals surface area contributed by atoms with E-state index in [9.17, 15) is 13.6 Å². The molecule has 0 heterocycles. The topological polar surface area (TPSA) is 29.1 Å². The van der Waals surface area contributed by atoms with Crippen molar-refractivity contribution in [3.05, 3.63) is 35.4 Å². The zero-order valence-electron chi connectivity index (χ0n) is 6.10. The smallest absolute Gasteiger partial charge is 0.309 e. The van der Waals surface area contributed by atoms with E-state index in [4.69, 9.17) is 0 Å². The summed E-state index contributed by atoms with van der Waals surface area (Å²) in [6.07, 6.45) is 1.37. The van der Waals surface area contributed by atoms with Gasteiger partial charge in [0.05, 0.1) is 0 Å². The van der Waals surface area contributed by atoms with Crippen LogP contribution in [-0.2, 0) is 11.3 Å². The molecule has 0 saturated carbocycles. The Morgan fingerprint density at radius 2 is 2.17 bits per heavy atom. The van der Waals surface area contributed by atoms with Crippen molar-refractivity contribution >= 4 is 6.41 Å². The molecule has 1 N–H and O–H groups in total. The fraction of sp³-hybridized carbons (Fsp3) is 0.125. The zero-order valence-corrected chi connectivity index (χ0v) is 6.10. The van der Waals surface area contributed by atoms with Crippen molar-refractivity contribution in [2.75, 3.05) is 0 Å². The molecule has 1 aromatic carbocycles. The molecule has 12 heavy (non-hydrogen) atoms. The predicted octanol–water partition coefficient (Wildman–Crippen LogP) is 1.12. The molecule has 0 aromatic heterocycles. The van der Waals surface area contributed by atoms with Gasteiger partial charge in [0, 0.05) is 12.1 Å². The highest BCUT2D eigenvalue weighted by atomic mass is 19.1. The van der Waals surface area contributed by atoms with Crippen LogP contribution in [0.4, 0.5) is 8.78 Å². The Hall–Kier alpha value is -1.45. The number of halogens is 2. The van der Waals surface area contributed by atoms with E-state index in [1.165, 1.54) is 6.41 Å². The molecule has 1 aromatic rings. The van der Waals surface area contributed by atoms with Gasteiger partial charge in [-0.3, -0.25) is 4.79 Å².